The average Bonchev–Trinajstić information content (AvgIpc) is 2.79. The topological polar surface area (TPSA) is 29.9 Å². The number of nitrogens with one attached hydrogen (secondary N) is 1. The molecule has 1 aliphatic rings. The number of hydrogen-bond acceptors (Lipinski definition) is 2. The number of nitrogens with zero attached hydrogens (tertiary/aromatic N) is 2. The molecule has 1 aliphatic carbocycles. The molecule has 1 heterocycles. The summed E-state index contributed by atoms with van der Waals surface area (Å²) in [6, 6.07) is 11.3. The first-order valence-corrected chi connectivity index (χ1v) is 7.98. The summed E-state index contributed by atoms with van der Waals surface area (Å²) in [6.07, 6.45) is 5.40. The van der Waals surface area contributed by atoms with Crippen LogP contribution in [0.15, 0.2) is 41.0 Å². The molecule has 0 aliphatic heterocycles. The summed E-state index contributed by atoms with van der Waals surface area (Å²) in [5.74, 6) is 0.708. The Morgan fingerprint density at radius 2 is 2.10 bits per heavy atom. The van der Waals surface area contributed by atoms with Crippen molar-refractivity contribution in [3.63, 3.8) is 0 Å². The summed E-state index contributed by atoms with van der Waals surface area (Å²) >= 11 is 3.65. The van der Waals surface area contributed by atoms with Crippen molar-refractivity contribution in [3.05, 3.63) is 52.3 Å². The van der Waals surface area contributed by atoms with Crippen LogP contribution >= 0.6 is 15.9 Å². The van der Waals surface area contributed by atoms with Gasteiger partial charge in [-0.15, -0.1) is 0 Å². The van der Waals surface area contributed by atoms with Crippen LogP contribution in [0.4, 0.5) is 0 Å². The van der Waals surface area contributed by atoms with Gasteiger partial charge in [0.25, 0.3) is 0 Å². The van der Waals surface area contributed by atoms with Gasteiger partial charge in [0.05, 0.1) is 0 Å². The van der Waals surface area contributed by atoms with Crippen molar-refractivity contribution in [1.82, 2.24) is 15.1 Å². The van der Waals surface area contributed by atoms with Crippen LogP contribution in [0.25, 0.3) is 0 Å². The molecule has 0 amide bonds. The molecular formula is C16H20BrN3. The first kappa shape index (κ1) is 13.8. The number of benzene rings is 1. The molecule has 20 heavy (non-hydrogen) atoms. The van der Waals surface area contributed by atoms with Gasteiger partial charge < -0.3 is 5.32 Å². The van der Waals surface area contributed by atoms with E-state index < -0.39 is 0 Å². The highest BCUT2D eigenvalue weighted by molar-refractivity contribution is 9.10. The number of halogens is 1. The summed E-state index contributed by atoms with van der Waals surface area (Å²) < 4.78 is 3.20. The fraction of sp³-hybridized carbons (Fsp3) is 0.438. The largest absolute Gasteiger partial charge is 0.314 e. The van der Waals surface area contributed by atoms with Crippen molar-refractivity contribution in [2.45, 2.75) is 31.2 Å². The molecule has 0 unspecified atom stereocenters. The highest BCUT2D eigenvalue weighted by atomic mass is 79.9. The SMILES string of the molecule is Cn1nccc1CCNC1CC(c2ccccc2Br)C1. The van der Waals surface area contributed by atoms with E-state index in [1.54, 1.807) is 0 Å². The average molecular weight is 334 g/mol. The van der Waals surface area contributed by atoms with Gasteiger partial charge in [-0.05, 0) is 36.5 Å². The van der Waals surface area contributed by atoms with Crippen molar-refractivity contribution >= 4 is 15.9 Å². The lowest BCUT2D eigenvalue weighted by Crippen LogP contribution is -2.41. The Balaban J connectivity index is 1.43. The fourth-order valence-corrected chi connectivity index (χ4v) is 3.50. The van der Waals surface area contributed by atoms with Crippen LogP contribution in [-0.2, 0) is 13.5 Å². The summed E-state index contributed by atoms with van der Waals surface area (Å²) in [5, 5.41) is 7.84. The van der Waals surface area contributed by atoms with Gasteiger partial charge in [-0.2, -0.15) is 5.10 Å². The number of aromatic nitrogens is 2. The Hall–Kier alpha value is -1.13. The van der Waals surface area contributed by atoms with Gasteiger partial charge in [0, 0.05) is 42.4 Å². The van der Waals surface area contributed by atoms with Crippen LogP contribution in [0.1, 0.15) is 30.0 Å². The predicted octanol–water partition coefficient (Wildman–Crippen LogP) is 3.26. The lowest BCUT2D eigenvalue weighted by molar-refractivity contribution is 0.291. The molecule has 3 nitrogen and oxygen atoms in total. The molecule has 4 heteroatoms. The van der Waals surface area contributed by atoms with E-state index in [4.69, 9.17) is 0 Å². The maximum Gasteiger partial charge on any atom is 0.0492 e. The first-order valence-electron chi connectivity index (χ1n) is 7.18. The molecule has 3 rings (SSSR count). The minimum atomic E-state index is 0.667. The van der Waals surface area contributed by atoms with Crippen molar-refractivity contribution in [2.24, 2.45) is 7.05 Å². The second-order valence-corrected chi connectivity index (χ2v) is 6.39. The fourth-order valence-electron chi connectivity index (χ4n) is 2.90. The highest BCUT2D eigenvalue weighted by Gasteiger charge is 2.30. The van der Waals surface area contributed by atoms with E-state index in [2.05, 4.69) is 56.7 Å². The van der Waals surface area contributed by atoms with Gasteiger partial charge in [-0.1, -0.05) is 34.1 Å². The first-order chi connectivity index (χ1) is 9.74. The second kappa shape index (κ2) is 6.10. The Bertz CT molecular complexity index is 573. The zero-order valence-electron chi connectivity index (χ0n) is 11.7. The van der Waals surface area contributed by atoms with E-state index in [-0.39, 0.29) is 0 Å². The molecule has 0 radical (unpaired) electrons. The van der Waals surface area contributed by atoms with Crippen LogP contribution in [0.3, 0.4) is 0 Å². The van der Waals surface area contributed by atoms with Gasteiger partial charge in [0.15, 0.2) is 0 Å². The molecule has 0 bridgehead atoms. The molecule has 2 aromatic rings. The second-order valence-electron chi connectivity index (χ2n) is 5.54. The Morgan fingerprint density at radius 1 is 1.30 bits per heavy atom. The summed E-state index contributed by atoms with van der Waals surface area (Å²) in [6.45, 7) is 1.03. The molecule has 1 aromatic carbocycles. The molecule has 1 saturated carbocycles. The van der Waals surface area contributed by atoms with E-state index in [1.807, 2.05) is 17.9 Å². The monoisotopic (exact) mass is 333 g/mol. The Kier molecular flexibility index (Phi) is 4.22. The maximum absolute atomic E-state index is 4.19. The summed E-state index contributed by atoms with van der Waals surface area (Å²) in [4.78, 5) is 0. The molecule has 0 saturated heterocycles. The highest BCUT2D eigenvalue weighted by Crippen LogP contribution is 2.39. The van der Waals surface area contributed by atoms with Crippen LogP contribution in [0.5, 0.6) is 0 Å². The number of rotatable bonds is 5. The van der Waals surface area contributed by atoms with Crippen LogP contribution in [0, 0.1) is 0 Å². The van der Waals surface area contributed by atoms with Crippen molar-refractivity contribution in [2.75, 3.05) is 6.54 Å². The minimum absolute atomic E-state index is 0.667. The van der Waals surface area contributed by atoms with Crippen molar-refractivity contribution in [1.29, 1.82) is 0 Å². The van der Waals surface area contributed by atoms with Gasteiger partial charge in [0.2, 0.25) is 0 Å². The Labute approximate surface area is 128 Å². The zero-order chi connectivity index (χ0) is 13.9. The maximum atomic E-state index is 4.19. The molecule has 106 valence electrons. The lowest BCUT2D eigenvalue weighted by Gasteiger charge is -2.37. The van der Waals surface area contributed by atoms with Gasteiger partial charge in [-0.3, -0.25) is 4.68 Å². The molecule has 1 aromatic heterocycles. The van der Waals surface area contributed by atoms with E-state index in [1.165, 1.54) is 28.6 Å². The summed E-state index contributed by atoms with van der Waals surface area (Å²) in [5.41, 5.74) is 2.75. The van der Waals surface area contributed by atoms with Crippen molar-refractivity contribution in [3.8, 4) is 0 Å². The van der Waals surface area contributed by atoms with E-state index >= 15 is 0 Å². The normalized spacial score (nSPS) is 21.7. The van der Waals surface area contributed by atoms with E-state index in [0.29, 0.717) is 12.0 Å². The third kappa shape index (κ3) is 2.96. The number of hydrogen-bond donors (Lipinski definition) is 1. The molecule has 0 atom stereocenters. The van der Waals surface area contributed by atoms with E-state index in [9.17, 15) is 0 Å². The van der Waals surface area contributed by atoms with Gasteiger partial charge >= 0.3 is 0 Å². The van der Waals surface area contributed by atoms with Gasteiger partial charge in [0.1, 0.15) is 0 Å². The lowest BCUT2D eigenvalue weighted by atomic mass is 9.76. The molecular weight excluding hydrogens is 314 g/mol. The molecule has 1 fully saturated rings. The van der Waals surface area contributed by atoms with E-state index in [0.717, 1.165) is 13.0 Å². The quantitative estimate of drug-likeness (QED) is 0.910. The predicted molar refractivity (Wildman–Crippen MR) is 84.8 cm³/mol. The smallest absolute Gasteiger partial charge is 0.0492 e. The molecule has 0 spiro atoms. The standard InChI is InChI=1S/C16H20BrN3/c1-20-14(7-9-19-20)6-8-18-13-10-12(11-13)15-4-2-3-5-16(15)17/h2-5,7,9,12-13,18H,6,8,10-11H2,1H3. The third-order valence-corrected chi connectivity index (χ3v) is 4.94. The minimum Gasteiger partial charge on any atom is -0.314 e. The van der Waals surface area contributed by atoms with Crippen LogP contribution in [0.2, 0.25) is 0 Å². The van der Waals surface area contributed by atoms with Gasteiger partial charge in [-0.25, -0.2) is 0 Å². The number of aryl methyl sites for hydroxylation is 1. The molecule has 1 N–H and O–H groups in total. The third-order valence-electron chi connectivity index (χ3n) is 4.22. The van der Waals surface area contributed by atoms with Crippen LogP contribution in [-0.4, -0.2) is 22.4 Å². The van der Waals surface area contributed by atoms with Crippen molar-refractivity contribution < 1.29 is 0 Å². The summed E-state index contributed by atoms with van der Waals surface area (Å²) in [7, 11) is 2.00. The zero-order valence-corrected chi connectivity index (χ0v) is 13.3. The Morgan fingerprint density at radius 3 is 2.80 bits per heavy atom. The van der Waals surface area contributed by atoms with Crippen LogP contribution < -0.4 is 5.32 Å².